The first-order valence-corrected chi connectivity index (χ1v) is 8.37. The number of nitrogens with two attached hydrogens (primary N) is 1. The highest BCUT2D eigenvalue weighted by Crippen LogP contribution is 2.39. The van der Waals surface area contributed by atoms with Crippen LogP contribution in [0.25, 0.3) is 10.1 Å². The van der Waals surface area contributed by atoms with Crippen molar-refractivity contribution in [1.29, 1.82) is 0 Å². The van der Waals surface area contributed by atoms with Crippen LogP contribution in [-0.2, 0) is 15.7 Å². The average molecular weight is 393 g/mol. The zero-order valence-corrected chi connectivity index (χ0v) is 14.2. The number of alkyl halides is 3. The first-order chi connectivity index (χ1) is 11.7. The van der Waals surface area contributed by atoms with Crippen LogP contribution >= 0.6 is 22.9 Å². The molecule has 0 radical (unpaired) electrons. The van der Waals surface area contributed by atoms with Crippen LogP contribution in [0.15, 0.2) is 18.2 Å². The molecule has 2 amide bonds. The van der Waals surface area contributed by atoms with Gasteiger partial charge in [0.2, 0.25) is 5.91 Å². The van der Waals surface area contributed by atoms with Crippen LogP contribution in [0.4, 0.5) is 13.2 Å². The van der Waals surface area contributed by atoms with Crippen molar-refractivity contribution in [1.82, 2.24) is 4.90 Å². The molecule has 5 nitrogen and oxygen atoms in total. The van der Waals surface area contributed by atoms with E-state index in [0.29, 0.717) is 5.39 Å². The molecule has 2 aromatic rings. The van der Waals surface area contributed by atoms with Gasteiger partial charge in [-0.2, -0.15) is 13.2 Å². The van der Waals surface area contributed by atoms with Crippen LogP contribution in [0.1, 0.15) is 15.2 Å². The summed E-state index contributed by atoms with van der Waals surface area (Å²) >= 11 is 7.08. The number of fused-ring (bicyclic) bond motifs is 1. The maximum absolute atomic E-state index is 12.8. The number of hydrogen-bond donors (Lipinski definition) is 1. The quantitative estimate of drug-likeness (QED) is 0.854. The molecule has 0 spiro atoms. The van der Waals surface area contributed by atoms with Gasteiger partial charge in [-0.1, -0.05) is 17.7 Å². The number of amides is 2. The molecule has 1 aliphatic rings. The van der Waals surface area contributed by atoms with E-state index in [4.69, 9.17) is 22.1 Å². The zero-order valence-electron chi connectivity index (χ0n) is 12.6. The minimum Gasteiger partial charge on any atom is -0.367 e. The summed E-state index contributed by atoms with van der Waals surface area (Å²) in [6.07, 6.45) is -5.39. The molecule has 0 aliphatic carbocycles. The van der Waals surface area contributed by atoms with Gasteiger partial charge in [0.25, 0.3) is 5.91 Å². The van der Waals surface area contributed by atoms with Crippen LogP contribution in [0.2, 0.25) is 5.02 Å². The molecule has 1 fully saturated rings. The van der Waals surface area contributed by atoms with Gasteiger partial charge in [-0.05, 0) is 12.1 Å². The number of hydrogen-bond acceptors (Lipinski definition) is 4. The summed E-state index contributed by atoms with van der Waals surface area (Å²) in [6.45, 7) is 0.355. The smallest absolute Gasteiger partial charge is 0.367 e. The Balaban J connectivity index is 1.94. The van der Waals surface area contributed by atoms with Crippen molar-refractivity contribution >= 4 is 44.8 Å². The van der Waals surface area contributed by atoms with Crippen LogP contribution < -0.4 is 5.73 Å². The highest BCUT2D eigenvalue weighted by Gasteiger charge is 2.33. The minimum absolute atomic E-state index is 0.0213. The fraction of sp³-hybridized carbons (Fsp3) is 0.333. The normalized spacial score (nSPS) is 18.6. The van der Waals surface area contributed by atoms with Crippen LogP contribution in [-0.4, -0.2) is 42.5 Å². The predicted octanol–water partition coefficient (Wildman–Crippen LogP) is 2.90. The van der Waals surface area contributed by atoms with E-state index in [2.05, 4.69) is 0 Å². The van der Waals surface area contributed by atoms with Gasteiger partial charge in [0.05, 0.1) is 23.7 Å². The molecule has 2 N–H and O–H groups in total. The number of morpholine rings is 1. The van der Waals surface area contributed by atoms with Gasteiger partial charge in [-0.3, -0.25) is 9.59 Å². The molecule has 25 heavy (non-hydrogen) atoms. The molecule has 134 valence electrons. The number of carbonyl (C=O) groups is 2. The highest BCUT2D eigenvalue weighted by atomic mass is 35.5. The topological polar surface area (TPSA) is 72.6 Å². The van der Waals surface area contributed by atoms with E-state index in [1.807, 2.05) is 0 Å². The Morgan fingerprint density at radius 1 is 1.36 bits per heavy atom. The molecule has 0 saturated carbocycles. The van der Waals surface area contributed by atoms with E-state index in [1.165, 1.54) is 11.0 Å². The molecular formula is C15H12ClF3N2O3S. The standard InChI is InChI=1S/C15H12ClF3N2O3S/c16-11-8-2-1-7(15(17,18)19)5-10(8)25-12(11)14(23)21-3-4-24-9(6-21)13(20)22/h1-2,5,9H,3-4,6H2,(H2,20,22)/t9-/m1/s1. The third kappa shape index (κ3) is 3.44. The lowest BCUT2D eigenvalue weighted by Gasteiger charge is -2.31. The number of nitrogens with zero attached hydrogens (tertiary/aromatic N) is 1. The monoisotopic (exact) mass is 392 g/mol. The number of benzene rings is 1. The maximum Gasteiger partial charge on any atom is 0.416 e. The van der Waals surface area contributed by atoms with Crippen LogP contribution in [0, 0.1) is 0 Å². The Morgan fingerprint density at radius 3 is 2.72 bits per heavy atom. The van der Waals surface area contributed by atoms with Crippen molar-refractivity contribution in [3.63, 3.8) is 0 Å². The molecule has 0 unspecified atom stereocenters. The Hall–Kier alpha value is -1.84. The number of thiophene rings is 1. The third-order valence-electron chi connectivity index (χ3n) is 3.82. The number of halogens is 4. The van der Waals surface area contributed by atoms with Crippen LogP contribution in [0.3, 0.4) is 0 Å². The number of primary amides is 1. The molecule has 3 rings (SSSR count). The SMILES string of the molecule is NC(=O)[C@H]1CN(C(=O)c2sc3cc(C(F)(F)F)ccc3c2Cl)CCO1. The van der Waals surface area contributed by atoms with E-state index in [9.17, 15) is 22.8 Å². The van der Waals surface area contributed by atoms with E-state index < -0.39 is 29.7 Å². The largest absolute Gasteiger partial charge is 0.416 e. The molecule has 10 heteroatoms. The molecular weight excluding hydrogens is 381 g/mol. The number of ether oxygens (including phenoxy) is 1. The predicted molar refractivity (Wildman–Crippen MR) is 86.7 cm³/mol. The van der Waals surface area contributed by atoms with E-state index in [-0.39, 0.29) is 34.3 Å². The fourth-order valence-corrected chi connectivity index (χ4v) is 4.05. The molecule has 1 saturated heterocycles. The molecule has 1 aromatic carbocycles. The number of rotatable bonds is 2. The van der Waals surface area contributed by atoms with Gasteiger partial charge in [-0.15, -0.1) is 11.3 Å². The van der Waals surface area contributed by atoms with Gasteiger partial charge in [0.15, 0.2) is 6.10 Å². The average Bonchev–Trinajstić information content (AvgIpc) is 2.90. The molecule has 1 aliphatic heterocycles. The third-order valence-corrected chi connectivity index (χ3v) is 5.47. The van der Waals surface area contributed by atoms with Gasteiger partial charge in [0.1, 0.15) is 4.88 Å². The zero-order chi connectivity index (χ0) is 18.4. The fourth-order valence-electron chi connectivity index (χ4n) is 2.53. The summed E-state index contributed by atoms with van der Waals surface area (Å²) in [5, 5.41) is 0.476. The summed E-state index contributed by atoms with van der Waals surface area (Å²) in [7, 11) is 0. The van der Waals surface area contributed by atoms with Crippen molar-refractivity contribution in [3.05, 3.63) is 33.7 Å². The first kappa shape index (κ1) is 18.0. The lowest BCUT2D eigenvalue weighted by molar-refractivity contribution is -0.137. The minimum atomic E-state index is -4.48. The second-order valence-electron chi connectivity index (χ2n) is 5.47. The number of carbonyl (C=O) groups excluding carboxylic acids is 2. The van der Waals surface area contributed by atoms with Gasteiger partial charge >= 0.3 is 6.18 Å². The van der Waals surface area contributed by atoms with E-state index in [1.54, 1.807) is 0 Å². The van der Waals surface area contributed by atoms with Crippen molar-refractivity contribution in [2.45, 2.75) is 12.3 Å². The van der Waals surface area contributed by atoms with Crippen molar-refractivity contribution in [2.24, 2.45) is 5.73 Å². The van der Waals surface area contributed by atoms with Gasteiger partial charge in [-0.25, -0.2) is 0 Å². The Labute approximate surface area is 149 Å². The summed E-state index contributed by atoms with van der Waals surface area (Å²) in [5.41, 5.74) is 4.38. The molecule has 1 atom stereocenters. The van der Waals surface area contributed by atoms with Gasteiger partial charge < -0.3 is 15.4 Å². The van der Waals surface area contributed by atoms with Crippen LogP contribution in [0.5, 0.6) is 0 Å². The van der Waals surface area contributed by atoms with Crippen molar-refractivity contribution in [3.8, 4) is 0 Å². The summed E-state index contributed by atoms with van der Waals surface area (Å²) in [5.74, 6) is -1.15. The Morgan fingerprint density at radius 2 is 2.08 bits per heavy atom. The Bertz CT molecular complexity index is 852. The highest BCUT2D eigenvalue weighted by molar-refractivity contribution is 7.21. The second-order valence-corrected chi connectivity index (χ2v) is 6.90. The van der Waals surface area contributed by atoms with Gasteiger partial charge in [0, 0.05) is 16.6 Å². The summed E-state index contributed by atoms with van der Waals surface area (Å²) in [6, 6.07) is 3.14. The van der Waals surface area contributed by atoms with E-state index in [0.717, 1.165) is 23.5 Å². The molecule has 2 heterocycles. The first-order valence-electron chi connectivity index (χ1n) is 7.18. The maximum atomic E-state index is 12.8. The summed E-state index contributed by atoms with van der Waals surface area (Å²) < 4.78 is 43.9. The van der Waals surface area contributed by atoms with E-state index >= 15 is 0 Å². The molecule has 1 aromatic heterocycles. The molecule has 0 bridgehead atoms. The lowest BCUT2D eigenvalue weighted by atomic mass is 10.1. The second kappa shape index (κ2) is 6.47. The van der Waals surface area contributed by atoms with Crippen molar-refractivity contribution in [2.75, 3.05) is 19.7 Å². The lowest BCUT2D eigenvalue weighted by Crippen LogP contribution is -2.50. The van der Waals surface area contributed by atoms with Crippen molar-refractivity contribution < 1.29 is 27.5 Å². The summed E-state index contributed by atoms with van der Waals surface area (Å²) in [4.78, 5) is 25.4. The Kier molecular flexibility index (Phi) is 4.65.